The first-order valence-corrected chi connectivity index (χ1v) is 8.61. The zero-order chi connectivity index (χ0) is 21.2. The van der Waals surface area contributed by atoms with Gasteiger partial charge >= 0.3 is 18.6 Å². The molecule has 0 spiro atoms. The van der Waals surface area contributed by atoms with Gasteiger partial charge in [0.2, 0.25) is 0 Å². The van der Waals surface area contributed by atoms with Crippen LogP contribution in [0.5, 0.6) is 5.75 Å². The average molecular weight is 404 g/mol. The Bertz CT molecular complexity index is 931. The minimum Gasteiger partial charge on any atom is -0.465 e. The van der Waals surface area contributed by atoms with Crippen LogP contribution in [0.1, 0.15) is 28.4 Å². The van der Waals surface area contributed by atoms with Crippen molar-refractivity contribution in [2.45, 2.75) is 25.6 Å². The molecule has 0 saturated carbocycles. The van der Waals surface area contributed by atoms with Crippen molar-refractivity contribution in [2.24, 2.45) is 0 Å². The van der Waals surface area contributed by atoms with Crippen molar-refractivity contribution < 1.29 is 32.6 Å². The molecule has 1 aliphatic rings. The van der Waals surface area contributed by atoms with Crippen molar-refractivity contribution in [1.82, 2.24) is 10.2 Å². The maximum atomic E-state index is 12.9. The quantitative estimate of drug-likeness (QED) is 0.591. The van der Waals surface area contributed by atoms with Gasteiger partial charge in [0.15, 0.2) is 0 Å². The zero-order valence-electron chi connectivity index (χ0n) is 15.6. The van der Waals surface area contributed by atoms with Crippen molar-refractivity contribution in [2.75, 3.05) is 7.11 Å². The van der Waals surface area contributed by atoms with E-state index in [4.69, 9.17) is 0 Å². The smallest absolute Gasteiger partial charge is 0.387 e. The summed E-state index contributed by atoms with van der Waals surface area (Å²) in [7, 11) is 1.27. The van der Waals surface area contributed by atoms with Gasteiger partial charge in [-0.15, -0.1) is 0 Å². The number of nitrogens with zero attached hydrogens (tertiary/aromatic N) is 1. The van der Waals surface area contributed by atoms with Crippen LogP contribution in [0.15, 0.2) is 48.5 Å². The molecule has 1 fully saturated rings. The third-order valence-electron chi connectivity index (χ3n) is 4.65. The van der Waals surface area contributed by atoms with Crippen LogP contribution in [0.2, 0.25) is 0 Å². The van der Waals surface area contributed by atoms with Crippen LogP contribution in [-0.2, 0) is 21.6 Å². The van der Waals surface area contributed by atoms with Gasteiger partial charge < -0.3 is 14.8 Å². The third kappa shape index (κ3) is 4.03. The fourth-order valence-electron chi connectivity index (χ4n) is 3.05. The summed E-state index contributed by atoms with van der Waals surface area (Å²) in [6.45, 7) is -1.41. The van der Waals surface area contributed by atoms with E-state index in [9.17, 15) is 23.2 Å². The minimum atomic E-state index is -2.95. The predicted octanol–water partition coefficient (Wildman–Crippen LogP) is 3.04. The lowest BCUT2D eigenvalue weighted by atomic mass is 9.92. The molecule has 0 unspecified atom stereocenters. The van der Waals surface area contributed by atoms with Crippen molar-refractivity contribution in [3.8, 4) is 5.75 Å². The lowest BCUT2D eigenvalue weighted by molar-refractivity contribution is -0.131. The van der Waals surface area contributed by atoms with Crippen LogP contribution < -0.4 is 10.1 Å². The largest absolute Gasteiger partial charge is 0.465 e. The molecule has 152 valence electrons. The number of hydrogen-bond acceptors (Lipinski definition) is 5. The molecule has 1 atom stereocenters. The van der Waals surface area contributed by atoms with Gasteiger partial charge in [-0.3, -0.25) is 9.69 Å². The molecule has 3 amide bonds. The summed E-state index contributed by atoms with van der Waals surface area (Å²) in [4.78, 5) is 37.9. The highest BCUT2D eigenvalue weighted by atomic mass is 19.3. The van der Waals surface area contributed by atoms with E-state index in [0.29, 0.717) is 16.7 Å². The van der Waals surface area contributed by atoms with Crippen LogP contribution in [0.4, 0.5) is 13.6 Å². The zero-order valence-corrected chi connectivity index (χ0v) is 15.6. The van der Waals surface area contributed by atoms with Crippen LogP contribution in [0.3, 0.4) is 0 Å². The highest BCUT2D eigenvalue weighted by Crippen LogP contribution is 2.31. The molecule has 29 heavy (non-hydrogen) atoms. The van der Waals surface area contributed by atoms with Crippen molar-refractivity contribution in [3.63, 3.8) is 0 Å². The number of carbonyl (C=O) groups is 3. The molecule has 7 nitrogen and oxygen atoms in total. The number of halogens is 2. The van der Waals surface area contributed by atoms with E-state index < -0.39 is 30.1 Å². The molecule has 0 aliphatic carbocycles. The van der Waals surface area contributed by atoms with E-state index in [1.807, 2.05) is 0 Å². The number of alkyl halides is 2. The number of rotatable bonds is 6. The first-order valence-electron chi connectivity index (χ1n) is 8.61. The molecule has 2 aromatic rings. The second-order valence-corrected chi connectivity index (χ2v) is 6.54. The summed E-state index contributed by atoms with van der Waals surface area (Å²) in [5.74, 6) is -1.02. The summed E-state index contributed by atoms with van der Waals surface area (Å²) in [5.41, 5.74) is 0.0864. The van der Waals surface area contributed by atoms with Crippen LogP contribution in [0, 0.1) is 0 Å². The number of esters is 1. The third-order valence-corrected chi connectivity index (χ3v) is 4.65. The lowest BCUT2D eigenvalue weighted by Crippen LogP contribution is -2.40. The second kappa shape index (κ2) is 7.86. The molecule has 1 heterocycles. The SMILES string of the molecule is COC(=O)c1ccc(CN2C(=O)N[C@@](C)(c3ccc(OC(F)F)cc3)C2=O)cc1. The number of benzene rings is 2. The number of hydrogen-bond donors (Lipinski definition) is 1. The average Bonchev–Trinajstić information content (AvgIpc) is 2.92. The molecule has 1 saturated heterocycles. The summed E-state index contributed by atoms with van der Waals surface area (Å²) in [6.07, 6.45) is 0. The first-order chi connectivity index (χ1) is 13.7. The molecule has 1 N–H and O–H groups in total. The summed E-state index contributed by atoms with van der Waals surface area (Å²) in [5, 5.41) is 2.64. The van der Waals surface area contributed by atoms with Gasteiger partial charge in [-0.25, -0.2) is 9.59 Å². The maximum Gasteiger partial charge on any atom is 0.387 e. The number of ether oxygens (including phenoxy) is 2. The van der Waals surface area contributed by atoms with Crippen LogP contribution >= 0.6 is 0 Å². The number of urea groups is 1. The van der Waals surface area contributed by atoms with E-state index >= 15 is 0 Å². The van der Waals surface area contributed by atoms with E-state index in [1.54, 1.807) is 24.3 Å². The molecular weight excluding hydrogens is 386 g/mol. The van der Waals surface area contributed by atoms with Crippen molar-refractivity contribution in [1.29, 1.82) is 0 Å². The number of imide groups is 1. The van der Waals surface area contributed by atoms with Crippen molar-refractivity contribution >= 4 is 17.9 Å². The number of methoxy groups -OCH3 is 1. The van der Waals surface area contributed by atoms with Gasteiger partial charge in [0.05, 0.1) is 19.2 Å². The Morgan fingerprint density at radius 1 is 1.10 bits per heavy atom. The fraction of sp³-hybridized carbons (Fsp3) is 0.250. The highest BCUT2D eigenvalue weighted by Gasteiger charge is 2.48. The summed E-state index contributed by atoms with van der Waals surface area (Å²) >= 11 is 0. The topological polar surface area (TPSA) is 84.9 Å². The second-order valence-electron chi connectivity index (χ2n) is 6.54. The van der Waals surface area contributed by atoms with Gasteiger partial charge in [-0.1, -0.05) is 24.3 Å². The van der Waals surface area contributed by atoms with Gasteiger partial charge in [0.1, 0.15) is 11.3 Å². The van der Waals surface area contributed by atoms with Gasteiger partial charge in [0, 0.05) is 0 Å². The number of carbonyl (C=O) groups excluding carboxylic acids is 3. The lowest BCUT2D eigenvalue weighted by Gasteiger charge is -2.22. The van der Waals surface area contributed by atoms with E-state index in [0.717, 1.165) is 4.90 Å². The van der Waals surface area contributed by atoms with Gasteiger partial charge in [0.25, 0.3) is 5.91 Å². The summed E-state index contributed by atoms with van der Waals surface area (Å²) in [6, 6.07) is 11.3. The first kappa shape index (κ1) is 20.2. The predicted molar refractivity (Wildman–Crippen MR) is 97.3 cm³/mol. The normalized spacial score (nSPS) is 18.7. The number of amides is 3. The summed E-state index contributed by atoms with van der Waals surface area (Å²) < 4.78 is 33.5. The number of nitrogens with one attached hydrogen (secondary N) is 1. The van der Waals surface area contributed by atoms with Crippen molar-refractivity contribution in [3.05, 3.63) is 65.2 Å². The van der Waals surface area contributed by atoms with Crippen LogP contribution in [0.25, 0.3) is 0 Å². The molecule has 2 aromatic carbocycles. The van der Waals surface area contributed by atoms with E-state index in [-0.39, 0.29) is 12.3 Å². The molecule has 3 rings (SSSR count). The molecule has 0 aromatic heterocycles. The molecule has 0 bridgehead atoms. The molecule has 0 radical (unpaired) electrons. The molecule has 1 aliphatic heterocycles. The monoisotopic (exact) mass is 404 g/mol. The fourth-order valence-corrected chi connectivity index (χ4v) is 3.05. The Labute approximate surface area is 165 Å². The minimum absolute atomic E-state index is 0.00822. The van der Waals surface area contributed by atoms with Gasteiger partial charge in [-0.2, -0.15) is 8.78 Å². The Morgan fingerprint density at radius 2 is 1.72 bits per heavy atom. The van der Waals surface area contributed by atoms with Gasteiger partial charge in [-0.05, 0) is 42.3 Å². The molecule has 9 heteroatoms. The van der Waals surface area contributed by atoms with Crippen LogP contribution in [-0.4, -0.2) is 36.5 Å². The molecular formula is C20H18F2N2O5. The standard InChI is InChI=1S/C20H18F2N2O5/c1-20(14-7-9-15(10-8-14)29-18(21)22)17(26)24(19(27)23-20)11-12-3-5-13(6-4-12)16(25)28-2/h3-10,18H,11H2,1-2H3,(H,23,27)/t20-/m0/s1. The van der Waals surface area contributed by atoms with E-state index in [1.165, 1.54) is 38.3 Å². The Morgan fingerprint density at radius 3 is 2.28 bits per heavy atom. The Hall–Kier alpha value is -3.49. The Balaban J connectivity index is 1.77. The highest BCUT2D eigenvalue weighted by molar-refractivity contribution is 6.07. The maximum absolute atomic E-state index is 12.9. The van der Waals surface area contributed by atoms with E-state index in [2.05, 4.69) is 14.8 Å². The Kier molecular flexibility index (Phi) is 5.49.